The lowest BCUT2D eigenvalue weighted by Gasteiger charge is -2.22. The maximum atomic E-state index is 12.6. The van der Waals surface area contributed by atoms with E-state index < -0.39 is 0 Å². The van der Waals surface area contributed by atoms with Crippen molar-refractivity contribution in [3.8, 4) is 0 Å². The van der Waals surface area contributed by atoms with Crippen LogP contribution in [0.2, 0.25) is 0 Å². The predicted octanol–water partition coefficient (Wildman–Crippen LogP) is 4.50. The normalized spacial score (nSPS) is 16.5. The topological polar surface area (TPSA) is 58.2 Å². The van der Waals surface area contributed by atoms with Crippen molar-refractivity contribution in [2.45, 2.75) is 36.8 Å². The second kappa shape index (κ2) is 6.69. The monoisotopic (exact) mass is 340 g/mol. The van der Waals surface area contributed by atoms with Gasteiger partial charge in [0.05, 0.1) is 10.9 Å². The minimum Gasteiger partial charge on any atom is -0.324 e. The Morgan fingerprint density at radius 2 is 1.96 bits per heavy atom. The van der Waals surface area contributed by atoms with Gasteiger partial charge in [-0.1, -0.05) is 32.0 Å². The summed E-state index contributed by atoms with van der Waals surface area (Å²) < 4.78 is 0. The summed E-state index contributed by atoms with van der Waals surface area (Å²) in [5, 5.41) is 5.72. The number of carbonyl (C=O) groups is 2. The van der Waals surface area contributed by atoms with Crippen molar-refractivity contribution in [2.24, 2.45) is 0 Å². The number of rotatable bonds is 3. The molecule has 0 aromatic heterocycles. The first kappa shape index (κ1) is 16.6. The van der Waals surface area contributed by atoms with Gasteiger partial charge in [0.25, 0.3) is 5.91 Å². The molecule has 0 saturated heterocycles. The molecule has 0 aliphatic carbocycles. The Bertz CT molecular complexity index is 802. The number of hydrogen-bond donors (Lipinski definition) is 2. The summed E-state index contributed by atoms with van der Waals surface area (Å²) in [5.41, 5.74) is 3.15. The largest absolute Gasteiger partial charge is 0.324 e. The van der Waals surface area contributed by atoms with Crippen molar-refractivity contribution in [2.75, 3.05) is 10.6 Å². The van der Waals surface area contributed by atoms with Crippen LogP contribution in [0, 0.1) is 0 Å². The average molecular weight is 340 g/mol. The molecular weight excluding hydrogens is 320 g/mol. The summed E-state index contributed by atoms with van der Waals surface area (Å²) >= 11 is 1.51. The minimum atomic E-state index is -0.177. The lowest BCUT2D eigenvalue weighted by Crippen LogP contribution is -2.26. The van der Waals surface area contributed by atoms with Crippen LogP contribution in [0.5, 0.6) is 0 Å². The summed E-state index contributed by atoms with van der Waals surface area (Å²) in [6, 6.07) is 13.2. The molecule has 0 radical (unpaired) electrons. The predicted molar refractivity (Wildman–Crippen MR) is 98.9 cm³/mol. The first-order valence-corrected chi connectivity index (χ1v) is 8.85. The molecule has 4 nitrogen and oxygen atoms in total. The molecule has 1 heterocycles. The maximum absolute atomic E-state index is 12.6. The van der Waals surface area contributed by atoms with Gasteiger partial charge in [-0.2, -0.15) is 0 Å². The number of thioether (sulfide) groups is 1. The van der Waals surface area contributed by atoms with Gasteiger partial charge in [-0.3, -0.25) is 9.59 Å². The van der Waals surface area contributed by atoms with Crippen molar-refractivity contribution in [3.63, 3.8) is 0 Å². The van der Waals surface area contributed by atoms with Gasteiger partial charge < -0.3 is 10.6 Å². The van der Waals surface area contributed by atoms with E-state index in [1.54, 1.807) is 12.1 Å². The van der Waals surface area contributed by atoms with Crippen LogP contribution in [0.1, 0.15) is 42.6 Å². The molecule has 1 aliphatic heterocycles. The summed E-state index contributed by atoms with van der Waals surface area (Å²) in [4.78, 5) is 25.4. The van der Waals surface area contributed by atoms with Gasteiger partial charge in [0, 0.05) is 16.1 Å². The highest BCUT2D eigenvalue weighted by Crippen LogP contribution is 2.36. The van der Waals surface area contributed by atoms with E-state index in [2.05, 4.69) is 24.5 Å². The van der Waals surface area contributed by atoms with Gasteiger partial charge in [-0.05, 0) is 42.7 Å². The lowest BCUT2D eigenvalue weighted by atomic mass is 10.0. The van der Waals surface area contributed by atoms with Crippen molar-refractivity contribution < 1.29 is 9.59 Å². The van der Waals surface area contributed by atoms with E-state index in [1.165, 1.54) is 11.8 Å². The second-order valence-electron chi connectivity index (χ2n) is 6.16. The van der Waals surface area contributed by atoms with Crippen molar-refractivity contribution in [1.82, 2.24) is 0 Å². The number of fused-ring (bicyclic) bond motifs is 1. The van der Waals surface area contributed by atoms with Crippen molar-refractivity contribution in [1.29, 1.82) is 0 Å². The van der Waals surface area contributed by atoms with E-state index in [0.717, 1.165) is 16.1 Å². The zero-order chi connectivity index (χ0) is 17.3. The maximum Gasteiger partial charge on any atom is 0.255 e. The van der Waals surface area contributed by atoms with E-state index in [9.17, 15) is 9.59 Å². The molecule has 1 unspecified atom stereocenters. The lowest BCUT2D eigenvalue weighted by molar-refractivity contribution is -0.115. The standard InChI is InChI=1S/C19H20N2O2S/c1-11(2)14-6-4-5-7-15(14)20-19(23)13-8-9-17-16(10-13)21-18(22)12(3)24-17/h4-12H,1-3H3,(H,20,23)(H,21,22). The molecule has 2 N–H and O–H groups in total. The molecule has 124 valence electrons. The Balaban J connectivity index is 1.84. The van der Waals surface area contributed by atoms with Gasteiger partial charge in [0.2, 0.25) is 5.91 Å². The first-order chi connectivity index (χ1) is 11.5. The van der Waals surface area contributed by atoms with E-state index in [1.807, 2.05) is 37.3 Å². The molecule has 1 atom stereocenters. The van der Waals surface area contributed by atoms with E-state index in [0.29, 0.717) is 17.2 Å². The van der Waals surface area contributed by atoms with Gasteiger partial charge in [-0.15, -0.1) is 11.8 Å². The zero-order valence-electron chi connectivity index (χ0n) is 13.9. The Kier molecular flexibility index (Phi) is 4.62. The van der Waals surface area contributed by atoms with E-state index in [-0.39, 0.29) is 17.1 Å². The highest BCUT2D eigenvalue weighted by atomic mass is 32.2. The second-order valence-corrected chi connectivity index (χ2v) is 7.54. The average Bonchev–Trinajstić information content (AvgIpc) is 2.55. The Hall–Kier alpha value is -2.27. The van der Waals surface area contributed by atoms with E-state index in [4.69, 9.17) is 0 Å². The summed E-state index contributed by atoms with van der Waals surface area (Å²) in [7, 11) is 0. The smallest absolute Gasteiger partial charge is 0.255 e. The molecule has 2 amide bonds. The molecule has 2 aromatic rings. The highest BCUT2D eigenvalue weighted by Gasteiger charge is 2.23. The molecule has 0 spiro atoms. The van der Waals surface area contributed by atoms with Crippen LogP contribution < -0.4 is 10.6 Å². The van der Waals surface area contributed by atoms with Crippen LogP contribution in [0.15, 0.2) is 47.4 Å². The molecule has 3 rings (SSSR count). The Morgan fingerprint density at radius 3 is 2.71 bits per heavy atom. The Morgan fingerprint density at radius 1 is 1.21 bits per heavy atom. The first-order valence-electron chi connectivity index (χ1n) is 7.97. The molecular formula is C19H20N2O2S. The number of nitrogens with one attached hydrogen (secondary N) is 2. The third-order valence-corrected chi connectivity index (χ3v) is 5.18. The fraction of sp³-hybridized carbons (Fsp3) is 0.263. The SMILES string of the molecule is CC1Sc2ccc(C(=O)Nc3ccccc3C(C)C)cc2NC1=O. The van der Waals surface area contributed by atoms with Crippen LogP contribution in [-0.4, -0.2) is 17.1 Å². The van der Waals surface area contributed by atoms with Crippen LogP contribution in [0.3, 0.4) is 0 Å². The van der Waals surface area contributed by atoms with Crippen LogP contribution in [0.4, 0.5) is 11.4 Å². The van der Waals surface area contributed by atoms with Crippen molar-refractivity contribution in [3.05, 3.63) is 53.6 Å². The molecule has 0 bridgehead atoms. The van der Waals surface area contributed by atoms with Crippen LogP contribution >= 0.6 is 11.8 Å². The highest BCUT2D eigenvalue weighted by molar-refractivity contribution is 8.00. The summed E-state index contributed by atoms with van der Waals surface area (Å²) in [6.07, 6.45) is 0. The molecule has 2 aromatic carbocycles. The fourth-order valence-corrected chi connectivity index (χ4v) is 3.59. The van der Waals surface area contributed by atoms with Crippen LogP contribution in [0.25, 0.3) is 0 Å². The van der Waals surface area contributed by atoms with Crippen LogP contribution in [-0.2, 0) is 4.79 Å². The fourth-order valence-electron chi connectivity index (χ4n) is 2.66. The zero-order valence-corrected chi connectivity index (χ0v) is 14.7. The third kappa shape index (κ3) is 3.31. The molecule has 24 heavy (non-hydrogen) atoms. The quantitative estimate of drug-likeness (QED) is 0.865. The van der Waals surface area contributed by atoms with Gasteiger partial charge in [0.1, 0.15) is 0 Å². The molecule has 0 saturated carbocycles. The number of benzene rings is 2. The number of amides is 2. The molecule has 5 heteroatoms. The number of hydrogen-bond acceptors (Lipinski definition) is 3. The molecule has 0 fully saturated rings. The number of carbonyl (C=O) groups excluding carboxylic acids is 2. The molecule has 1 aliphatic rings. The van der Waals surface area contributed by atoms with E-state index >= 15 is 0 Å². The third-order valence-electron chi connectivity index (χ3n) is 4.00. The van der Waals surface area contributed by atoms with Gasteiger partial charge in [-0.25, -0.2) is 0 Å². The Labute approximate surface area is 146 Å². The van der Waals surface area contributed by atoms with Gasteiger partial charge in [0.15, 0.2) is 0 Å². The summed E-state index contributed by atoms with van der Waals surface area (Å²) in [6.45, 7) is 6.06. The minimum absolute atomic E-state index is 0.0322. The summed E-state index contributed by atoms with van der Waals surface area (Å²) in [5.74, 6) is 0.112. The number of para-hydroxylation sites is 1. The number of anilines is 2. The van der Waals surface area contributed by atoms with Gasteiger partial charge >= 0.3 is 0 Å². The van der Waals surface area contributed by atoms with Crippen molar-refractivity contribution >= 4 is 35.0 Å².